The number of aromatic nitrogens is 3. The van der Waals surface area contributed by atoms with Crippen molar-refractivity contribution in [2.75, 3.05) is 45.7 Å². The average Bonchev–Trinajstić information content (AvgIpc) is 3.61. The number of hydroxylamine groups is 2. The first-order valence-corrected chi connectivity index (χ1v) is 13.9. The Morgan fingerprint density at radius 2 is 2.13 bits per heavy atom. The van der Waals surface area contributed by atoms with E-state index in [2.05, 4.69) is 15.3 Å². The van der Waals surface area contributed by atoms with Crippen LogP contribution in [0.4, 0.5) is 15.7 Å². The molecule has 0 radical (unpaired) electrons. The van der Waals surface area contributed by atoms with Crippen LogP contribution in [-0.4, -0.2) is 93.9 Å². The molecule has 39 heavy (non-hydrogen) atoms. The van der Waals surface area contributed by atoms with Gasteiger partial charge in [0.2, 0.25) is 10.9 Å². The van der Waals surface area contributed by atoms with Crippen molar-refractivity contribution in [3.8, 4) is 0 Å². The second kappa shape index (κ2) is 10.3. The van der Waals surface area contributed by atoms with Gasteiger partial charge in [0, 0.05) is 31.1 Å². The molecule has 2 aliphatic rings. The lowest BCUT2D eigenvalue weighted by atomic mass is 10.0. The van der Waals surface area contributed by atoms with E-state index >= 15 is 0 Å². The van der Waals surface area contributed by atoms with Gasteiger partial charge in [-0.05, 0) is 18.6 Å². The molecule has 3 aromatic rings. The fourth-order valence-electron chi connectivity index (χ4n) is 5.57. The molecule has 13 heteroatoms. The van der Waals surface area contributed by atoms with Crippen LogP contribution in [0.2, 0.25) is 0 Å². The number of hydrogen-bond donors (Lipinski definition) is 2. The summed E-state index contributed by atoms with van der Waals surface area (Å²) in [5.74, 6) is -0.332. The van der Waals surface area contributed by atoms with Crippen LogP contribution in [0.3, 0.4) is 0 Å². The summed E-state index contributed by atoms with van der Waals surface area (Å²) in [6.07, 6.45) is 1.56. The monoisotopic (exact) mass is 556 g/mol. The number of carbonyl (C=O) groups is 3. The van der Waals surface area contributed by atoms with E-state index in [1.807, 2.05) is 31.4 Å². The normalized spacial score (nSPS) is 21.4. The molecule has 5 heterocycles. The first kappa shape index (κ1) is 27.2. The van der Waals surface area contributed by atoms with Gasteiger partial charge in [0.05, 0.1) is 31.7 Å². The van der Waals surface area contributed by atoms with E-state index in [9.17, 15) is 19.5 Å². The lowest BCUT2D eigenvalue weighted by molar-refractivity contribution is -0.0780. The zero-order valence-corrected chi connectivity index (χ0v) is 23.6. The zero-order valence-electron chi connectivity index (χ0n) is 22.8. The topological polar surface area (TPSA) is 130 Å². The van der Waals surface area contributed by atoms with Crippen molar-refractivity contribution in [1.29, 1.82) is 0 Å². The number of nitrogens with one attached hydrogen (secondary N) is 1. The fourth-order valence-corrected chi connectivity index (χ4v) is 7.00. The number of nitrogens with zero attached hydrogens (tertiary/aromatic N) is 6. The molecule has 1 unspecified atom stereocenters. The third kappa shape index (κ3) is 4.39. The Balaban J connectivity index is 1.76. The van der Waals surface area contributed by atoms with E-state index in [0.717, 1.165) is 9.96 Å². The summed E-state index contributed by atoms with van der Waals surface area (Å²) in [5, 5.41) is 14.8. The van der Waals surface area contributed by atoms with Crippen LogP contribution in [0.1, 0.15) is 52.8 Å². The Bertz CT molecular complexity index is 1450. The van der Waals surface area contributed by atoms with Crippen LogP contribution in [0.15, 0.2) is 18.3 Å². The summed E-state index contributed by atoms with van der Waals surface area (Å²) in [6.45, 7) is 7.24. The highest BCUT2D eigenvalue weighted by molar-refractivity contribution is 7.17. The van der Waals surface area contributed by atoms with Crippen LogP contribution in [-0.2, 0) is 11.4 Å². The molecule has 0 aliphatic carbocycles. The average molecular weight is 557 g/mol. The van der Waals surface area contributed by atoms with Crippen molar-refractivity contribution in [3.05, 3.63) is 34.3 Å². The Labute approximate surface area is 230 Å². The lowest BCUT2D eigenvalue weighted by Crippen LogP contribution is -2.64. The van der Waals surface area contributed by atoms with E-state index in [1.165, 1.54) is 18.4 Å². The maximum atomic E-state index is 14.0. The van der Waals surface area contributed by atoms with Gasteiger partial charge in [-0.15, -0.1) is 0 Å². The lowest BCUT2D eigenvalue weighted by Gasteiger charge is -2.40. The number of pyridine rings is 1. The number of fused-ring (bicyclic) bond motifs is 2. The summed E-state index contributed by atoms with van der Waals surface area (Å²) in [4.78, 5) is 57.9. The third-order valence-electron chi connectivity index (χ3n) is 7.07. The van der Waals surface area contributed by atoms with Gasteiger partial charge in [-0.25, -0.2) is 24.7 Å². The van der Waals surface area contributed by atoms with Crippen LogP contribution < -0.4 is 9.80 Å². The molecule has 2 N–H and O–H groups in total. The minimum atomic E-state index is -0.819. The molecular formula is C26H34N7O5S+. The number of rotatable bonds is 8. The first-order valence-electron chi connectivity index (χ1n) is 13.1. The van der Waals surface area contributed by atoms with Crippen molar-refractivity contribution >= 4 is 51.3 Å². The molecular weight excluding hydrogens is 522 g/mol. The Kier molecular flexibility index (Phi) is 7.18. The molecule has 0 saturated carbocycles. The Hall–Kier alpha value is -3.39. The van der Waals surface area contributed by atoms with Gasteiger partial charge in [-0.3, -0.25) is 19.0 Å². The van der Waals surface area contributed by atoms with Gasteiger partial charge in [-0.2, -0.15) is 4.48 Å². The maximum absolute atomic E-state index is 14.0. The van der Waals surface area contributed by atoms with E-state index < -0.39 is 17.9 Å². The fraction of sp³-hybridized carbons (Fsp3) is 0.500. The van der Waals surface area contributed by atoms with Gasteiger partial charge in [0.15, 0.2) is 5.65 Å². The third-order valence-corrected chi connectivity index (χ3v) is 8.40. The molecule has 4 amide bonds. The number of imide groups is 1. The predicted octanol–water partition coefficient (Wildman–Crippen LogP) is 2.91. The molecule has 5 rings (SSSR count). The minimum Gasteiger partial charge on any atom is -0.389 e. The summed E-state index contributed by atoms with van der Waals surface area (Å²) >= 11 is 1.31. The number of hydrogen-bond acceptors (Lipinski definition) is 9. The molecule has 0 aromatic carbocycles. The number of thiophene rings is 1. The van der Waals surface area contributed by atoms with Gasteiger partial charge < -0.3 is 10.4 Å². The van der Waals surface area contributed by atoms with Crippen molar-refractivity contribution in [2.24, 2.45) is 5.92 Å². The Morgan fingerprint density at radius 1 is 1.36 bits per heavy atom. The van der Waals surface area contributed by atoms with Crippen LogP contribution in [0, 0.1) is 5.92 Å². The largest absolute Gasteiger partial charge is 0.431 e. The SMILES string of the molecule is CCC[N@+]1(CC(C)C)C(=O)N(C)C(=O)c2c1sc(Cn1c(NC)nc3cccnc31)c2C(=O)N1CC(O)CO1. The number of amides is 4. The highest BCUT2D eigenvalue weighted by atomic mass is 32.1. The van der Waals surface area contributed by atoms with Crippen molar-refractivity contribution in [3.63, 3.8) is 0 Å². The van der Waals surface area contributed by atoms with Gasteiger partial charge in [0.25, 0.3) is 11.8 Å². The first-order chi connectivity index (χ1) is 18.6. The number of aliphatic hydroxyl groups excluding tert-OH is 1. The number of imidazole rings is 1. The summed E-state index contributed by atoms with van der Waals surface area (Å²) in [7, 11) is 3.23. The van der Waals surface area contributed by atoms with Crippen molar-refractivity contribution < 1.29 is 24.3 Å². The van der Waals surface area contributed by atoms with Crippen molar-refractivity contribution in [1.82, 2.24) is 29.0 Å². The molecule has 12 nitrogen and oxygen atoms in total. The number of quaternary nitrogens is 1. The minimum absolute atomic E-state index is 0.00979. The molecule has 3 aromatic heterocycles. The number of β-amino-alcohol motifs (C(OH)–C–C–N with tert-alkyl or cyclic N) is 1. The van der Waals surface area contributed by atoms with Crippen LogP contribution >= 0.6 is 11.3 Å². The number of anilines is 1. The zero-order chi connectivity index (χ0) is 28.1. The van der Waals surface area contributed by atoms with Crippen LogP contribution in [0.25, 0.3) is 11.2 Å². The molecule has 0 spiro atoms. The van der Waals surface area contributed by atoms with E-state index in [-0.39, 0.29) is 47.3 Å². The van der Waals surface area contributed by atoms with E-state index in [4.69, 9.17) is 4.84 Å². The van der Waals surface area contributed by atoms with Crippen molar-refractivity contribution in [2.45, 2.75) is 39.8 Å². The molecule has 1 fully saturated rings. The predicted molar refractivity (Wildman–Crippen MR) is 148 cm³/mol. The number of aliphatic hydroxyl groups is 1. The second-order valence-corrected chi connectivity index (χ2v) is 11.5. The quantitative estimate of drug-likeness (QED) is 0.405. The molecule has 208 valence electrons. The highest BCUT2D eigenvalue weighted by Crippen LogP contribution is 2.46. The number of carbonyl (C=O) groups excluding carboxylic acids is 3. The highest BCUT2D eigenvalue weighted by Gasteiger charge is 2.54. The second-order valence-electron chi connectivity index (χ2n) is 10.4. The standard InChI is InChI=1S/C26H34N7O5S/c1-6-10-33(13-15(2)3)24-20(22(35)30(5)26(33)37)19(23(36)32-11-16(34)14-38-32)18(39-24)12-31-21-17(8-7-9-28-21)29-25(31)27-4/h7-9,15-16,34H,6,10-14H2,1-5H3,(H,27,29)/q+1/t16?,33-/m1/s1. The summed E-state index contributed by atoms with van der Waals surface area (Å²) in [6, 6.07) is 3.36. The number of urea groups is 1. The summed E-state index contributed by atoms with van der Waals surface area (Å²) in [5.41, 5.74) is 1.72. The Morgan fingerprint density at radius 3 is 2.77 bits per heavy atom. The van der Waals surface area contributed by atoms with Gasteiger partial charge in [0.1, 0.15) is 23.8 Å². The molecule has 1 saturated heterocycles. The van der Waals surface area contributed by atoms with Gasteiger partial charge >= 0.3 is 6.03 Å². The maximum Gasteiger partial charge on any atom is 0.431 e. The molecule has 0 bridgehead atoms. The van der Waals surface area contributed by atoms with E-state index in [0.29, 0.717) is 46.5 Å². The summed E-state index contributed by atoms with van der Waals surface area (Å²) < 4.78 is 1.82. The molecule has 2 aliphatic heterocycles. The van der Waals surface area contributed by atoms with Gasteiger partial charge in [-0.1, -0.05) is 32.1 Å². The smallest absolute Gasteiger partial charge is 0.389 e. The molecule has 2 atom stereocenters. The van der Waals surface area contributed by atoms with E-state index in [1.54, 1.807) is 19.3 Å². The van der Waals surface area contributed by atoms with Crippen LogP contribution in [0.5, 0.6) is 0 Å².